The highest BCUT2D eigenvalue weighted by atomic mass is 19.2. The van der Waals surface area contributed by atoms with Crippen molar-refractivity contribution in [2.45, 2.75) is 39.3 Å². The maximum absolute atomic E-state index is 13.5. The van der Waals surface area contributed by atoms with Gasteiger partial charge in [0.15, 0.2) is 11.6 Å². The van der Waals surface area contributed by atoms with Gasteiger partial charge in [-0.05, 0) is 20.3 Å². The second-order valence-electron chi connectivity index (χ2n) is 5.45. The van der Waals surface area contributed by atoms with E-state index in [2.05, 4.69) is 10.6 Å². The molecule has 1 aromatic rings. The Bertz CT molecular complexity index is 607. The summed E-state index contributed by atoms with van der Waals surface area (Å²) in [6.07, 6.45) is 0.758. The lowest BCUT2D eigenvalue weighted by atomic mass is 10.1. The molecule has 1 aliphatic heterocycles. The lowest BCUT2D eigenvalue weighted by Gasteiger charge is -2.33. The number of anilines is 2. The molecule has 0 bridgehead atoms. The molecular weight excluding hydrogens is 292 g/mol. The van der Waals surface area contributed by atoms with Gasteiger partial charge in [0.2, 0.25) is 11.8 Å². The van der Waals surface area contributed by atoms with Crippen LogP contribution in [-0.2, 0) is 9.59 Å². The van der Waals surface area contributed by atoms with Crippen molar-refractivity contribution in [3.8, 4) is 0 Å². The van der Waals surface area contributed by atoms with E-state index >= 15 is 0 Å². The fourth-order valence-corrected chi connectivity index (χ4v) is 2.25. The highest BCUT2D eigenvalue weighted by Gasteiger charge is 2.32. The molecule has 0 fully saturated rings. The minimum Gasteiger partial charge on any atom is -0.372 e. The summed E-state index contributed by atoms with van der Waals surface area (Å²) in [5, 5.41) is 5.55. The molecular formula is C15H19F2N3O2. The number of fused-ring (bicyclic) bond motifs is 1. The summed E-state index contributed by atoms with van der Waals surface area (Å²) in [6, 6.07) is 1.28. The summed E-state index contributed by atoms with van der Waals surface area (Å²) in [5.74, 6) is -2.77. The third-order valence-corrected chi connectivity index (χ3v) is 3.66. The van der Waals surface area contributed by atoms with Crippen LogP contribution in [0, 0.1) is 11.6 Å². The Hall–Kier alpha value is -2.18. The van der Waals surface area contributed by atoms with Crippen LogP contribution < -0.4 is 15.5 Å². The minimum absolute atomic E-state index is 0.0210. The van der Waals surface area contributed by atoms with Gasteiger partial charge in [-0.3, -0.25) is 14.5 Å². The van der Waals surface area contributed by atoms with E-state index in [-0.39, 0.29) is 30.1 Å². The van der Waals surface area contributed by atoms with Crippen molar-refractivity contribution in [3.05, 3.63) is 23.8 Å². The van der Waals surface area contributed by atoms with Crippen LogP contribution in [0.2, 0.25) is 0 Å². The number of hydrogen-bond acceptors (Lipinski definition) is 3. The zero-order valence-electron chi connectivity index (χ0n) is 12.7. The van der Waals surface area contributed by atoms with Gasteiger partial charge in [0.25, 0.3) is 0 Å². The summed E-state index contributed by atoms with van der Waals surface area (Å²) < 4.78 is 26.8. The van der Waals surface area contributed by atoms with Gasteiger partial charge in [-0.1, -0.05) is 6.92 Å². The SMILES string of the molecule is CCC(C)NC(=O)CN1C(=O)C(C)Nc2cc(F)c(F)cc21. The molecule has 0 saturated carbocycles. The van der Waals surface area contributed by atoms with Crippen molar-refractivity contribution >= 4 is 23.2 Å². The van der Waals surface area contributed by atoms with E-state index in [1.54, 1.807) is 6.92 Å². The van der Waals surface area contributed by atoms with E-state index in [1.165, 1.54) is 4.90 Å². The van der Waals surface area contributed by atoms with E-state index in [1.807, 2.05) is 13.8 Å². The molecule has 0 saturated heterocycles. The molecule has 0 aromatic heterocycles. The van der Waals surface area contributed by atoms with Crippen molar-refractivity contribution in [1.29, 1.82) is 0 Å². The number of hydrogen-bond donors (Lipinski definition) is 2. The van der Waals surface area contributed by atoms with Crippen LogP contribution in [0.3, 0.4) is 0 Å². The Morgan fingerprint density at radius 3 is 2.68 bits per heavy atom. The largest absolute Gasteiger partial charge is 0.372 e. The lowest BCUT2D eigenvalue weighted by molar-refractivity contribution is -0.124. The summed E-state index contributed by atoms with van der Waals surface area (Å²) in [4.78, 5) is 25.4. The van der Waals surface area contributed by atoms with Crippen molar-refractivity contribution in [3.63, 3.8) is 0 Å². The van der Waals surface area contributed by atoms with Crippen LogP contribution in [0.1, 0.15) is 27.2 Å². The van der Waals surface area contributed by atoms with Gasteiger partial charge >= 0.3 is 0 Å². The number of rotatable bonds is 4. The van der Waals surface area contributed by atoms with Gasteiger partial charge in [0, 0.05) is 18.2 Å². The van der Waals surface area contributed by atoms with E-state index < -0.39 is 17.7 Å². The first kappa shape index (κ1) is 16.2. The monoisotopic (exact) mass is 311 g/mol. The molecule has 120 valence electrons. The first-order chi connectivity index (χ1) is 10.3. The molecule has 5 nitrogen and oxygen atoms in total. The molecule has 7 heteroatoms. The number of carbonyl (C=O) groups excluding carboxylic acids is 2. The molecule has 0 spiro atoms. The Morgan fingerprint density at radius 1 is 1.41 bits per heavy atom. The van der Waals surface area contributed by atoms with Crippen molar-refractivity contribution < 1.29 is 18.4 Å². The standard InChI is InChI=1S/C15H19F2N3O2/c1-4-8(2)18-14(21)7-20-13-6-11(17)10(16)5-12(13)19-9(3)15(20)22/h5-6,8-9,19H,4,7H2,1-3H3,(H,18,21). The molecule has 0 radical (unpaired) electrons. The normalized spacial score (nSPS) is 18.5. The predicted octanol–water partition coefficient (Wildman–Crippen LogP) is 2.03. The molecule has 2 N–H and O–H groups in total. The second-order valence-corrected chi connectivity index (χ2v) is 5.45. The number of benzene rings is 1. The molecule has 2 rings (SSSR count). The fourth-order valence-electron chi connectivity index (χ4n) is 2.25. The third kappa shape index (κ3) is 3.18. The van der Waals surface area contributed by atoms with Gasteiger partial charge in [0.05, 0.1) is 11.4 Å². The van der Waals surface area contributed by atoms with Crippen molar-refractivity contribution in [2.75, 3.05) is 16.8 Å². The van der Waals surface area contributed by atoms with Crippen molar-refractivity contribution in [1.82, 2.24) is 5.32 Å². The second kappa shape index (κ2) is 6.29. The van der Waals surface area contributed by atoms with Crippen LogP contribution in [0.5, 0.6) is 0 Å². The highest BCUT2D eigenvalue weighted by molar-refractivity contribution is 6.07. The summed E-state index contributed by atoms with van der Waals surface area (Å²) in [6.45, 7) is 5.15. The number of nitrogens with zero attached hydrogens (tertiary/aromatic N) is 1. The fraction of sp³-hybridized carbons (Fsp3) is 0.467. The Balaban J connectivity index is 2.29. The van der Waals surface area contributed by atoms with Crippen LogP contribution >= 0.6 is 0 Å². The average molecular weight is 311 g/mol. The van der Waals surface area contributed by atoms with E-state index in [0.717, 1.165) is 18.6 Å². The average Bonchev–Trinajstić information content (AvgIpc) is 2.46. The quantitative estimate of drug-likeness (QED) is 0.894. The summed E-state index contributed by atoms with van der Waals surface area (Å²) >= 11 is 0. The molecule has 0 aliphatic carbocycles. The predicted molar refractivity (Wildman–Crippen MR) is 79.7 cm³/mol. The van der Waals surface area contributed by atoms with Crippen LogP contribution in [-0.4, -0.2) is 30.4 Å². The van der Waals surface area contributed by atoms with E-state index in [0.29, 0.717) is 5.69 Å². The van der Waals surface area contributed by atoms with Gasteiger partial charge in [0.1, 0.15) is 12.6 Å². The zero-order valence-corrected chi connectivity index (χ0v) is 12.7. The zero-order chi connectivity index (χ0) is 16.4. The van der Waals surface area contributed by atoms with Gasteiger partial charge < -0.3 is 10.6 Å². The van der Waals surface area contributed by atoms with Crippen LogP contribution in [0.15, 0.2) is 12.1 Å². The van der Waals surface area contributed by atoms with E-state index in [4.69, 9.17) is 0 Å². The molecule has 1 aromatic carbocycles. The highest BCUT2D eigenvalue weighted by Crippen LogP contribution is 2.33. The van der Waals surface area contributed by atoms with E-state index in [9.17, 15) is 18.4 Å². The Kier molecular flexibility index (Phi) is 4.63. The Labute approximate surface area is 127 Å². The third-order valence-electron chi connectivity index (χ3n) is 3.66. The molecule has 1 aliphatic rings. The van der Waals surface area contributed by atoms with Gasteiger partial charge in [-0.25, -0.2) is 8.78 Å². The first-order valence-electron chi connectivity index (χ1n) is 7.19. The number of halogens is 2. The van der Waals surface area contributed by atoms with Crippen LogP contribution in [0.4, 0.5) is 20.2 Å². The summed E-state index contributed by atoms with van der Waals surface area (Å²) in [7, 11) is 0. The number of carbonyl (C=O) groups is 2. The molecule has 2 unspecified atom stereocenters. The topological polar surface area (TPSA) is 61.4 Å². The molecule has 22 heavy (non-hydrogen) atoms. The first-order valence-corrected chi connectivity index (χ1v) is 7.19. The van der Waals surface area contributed by atoms with Gasteiger partial charge in [-0.2, -0.15) is 0 Å². The molecule has 1 heterocycles. The van der Waals surface area contributed by atoms with Gasteiger partial charge in [-0.15, -0.1) is 0 Å². The summed E-state index contributed by atoms with van der Waals surface area (Å²) in [5.41, 5.74) is 0.462. The minimum atomic E-state index is -1.06. The molecule has 2 atom stereocenters. The smallest absolute Gasteiger partial charge is 0.249 e. The number of nitrogens with one attached hydrogen (secondary N) is 2. The Morgan fingerprint density at radius 2 is 2.05 bits per heavy atom. The lowest BCUT2D eigenvalue weighted by Crippen LogP contribution is -2.50. The number of amides is 2. The van der Waals surface area contributed by atoms with Crippen LogP contribution in [0.25, 0.3) is 0 Å². The maximum Gasteiger partial charge on any atom is 0.249 e. The van der Waals surface area contributed by atoms with Crippen molar-refractivity contribution in [2.24, 2.45) is 0 Å². The molecule has 2 amide bonds. The maximum atomic E-state index is 13.5.